The highest BCUT2D eigenvalue weighted by Crippen LogP contribution is 2.32. The highest BCUT2D eigenvalue weighted by molar-refractivity contribution is 5.44. The van der Waals surface area contributed by atoms with Crippen LogP contribution in [0.3, 0.4) is 0 Å². The van der Waals surface area contributed by atoms with E-state index in [2.05, 4.69) is 17.2 Å². The number of hydrogen-bond acceptors (Lipinski definition) is 4. The third-order valence-corrected chi connectivity index (χ3v) is 3.28. The van der Waals surface area contributed by atoms with Gasteiger partial charge in [-0.25, -0.2) is 4.98 Å². The van der Waals surface area contributed by atoms with E-state index in [0.29, 0.717) is 0 Å². The summed E-state index contributed by atoms with van der Waals surface area (Å²) in [4.78, 5) is 4.44. The van der Waals surface area contributed by atoms with Crippen molar-refractivity contribution in [1.82, 2.24) is 14.9 Å². The Kier molecular flexibility index (Phi) is 4.63. The zero-order valence-electron chi connectivity index (χ0n) is 12.4. The van der Waals surface area contributed by atoms with Crippen molar-refractivity contribution in [3.63, 3.8) is 0 Å². The van der Waals surface area contributed by atoms with Crippen molar-refractivity contribution in [2.24, 2.45) is 7.05 Å². The fourth-order valence-electron chi connectivity index (χ4n) is 2.26. The van der Waals surface area contributed by atoms with E-state index < -0.39 is 0 Å². The Morgan fingerprint density at radius 1 is 1.30 bits per heavy atom. The standard InChI is InChI=1S/C15H21N3O2/c1-5-16-14(15-17-8-9-18(15)2)12-7-6-11(19-3)10-13(12)20-4/h6-10,14,16H,5H2,1-4H3. The Labute approximate surface area is 119 Å². The van der Waals surface area contributed by atoms with Crippen LogP contribution in [-0.4, -0.2) is 30.3 Å². The van der Waals surface area contributed by atoms with Crippen LogP contribution in [-0.2, 0) is 7.05 Å². The molecular weight excluding hydrogens is 254 g/mol. The van der Waals surface area contributed by atoms with Crippen LogP contribution in [0.1, 0.15) is 24.4 Å². The van der Waals surface area contributed by atoms with Crippen LogP contribution >= 0.6 is 0 Å². The molecule has 1 N–H and O–H groups in total. The molecule has 20 heavy (non-hydrogen) atoms. The van der Waals surface area contributed by atoms with Gasteiger partial charge in [0.1, 0.15) is 17.3 Å². The number of imidazole rings is 1. The summed E-state index contributed by atoms with van der Waals surface area (Å²) >= 11 is 0. The van der Waals surface area contributed by atoms with Gasteiger partial charge in [0, 0.05) is 31.1 Å². The third kappa shape index (κ3) is 2.77. The first kappa shape index (κ1) is 14.4. The average molecular weight is 275 g/mol. The van der Waals surface area contributed by atoms with E-state index in [1.807, 2.05) is 36.0 Å². The molecule has 108 valence electrons. The maximum atomic E-state index is 5.50. The van der Waals surface area contributed by atoms with Gasteiger partial charge in [0.2, 0.25) is 0 Å². The molecule has 0 aliphatic carbocycles. The summed E-state index contributed by atoms with van der Waals surface area (Å²) in [6.07, 6.45) is 3.74. The van der Waals surface area contributed by atoms with Crippen molar-refractivity contribution < 1.29 is 9.47 Å². The summed E-state index contributed by atoms with van der Waals surface area (Å²) in [5.41, 5.74) is 1.05. The van der Waals surface area contributed by atoms with Gasteiger partial charge in [0.05, 0.1) is 20.3 Å². The van der Waals surface area contributed by atoms with Crippen LogP contribution in [0.25, 0.3) is 0 Å². The Bertz CT molecular complexity index is 566. The van der Waals surface area contributed by atoms with Gasteiger partial charge in [0.15, 0.2) is 0 Å². The second-order valence-corrected chi connectivity index (χ2v) is 4.49. The summed E-state index contributed by atoms with van der Waals surface area (Å²) in [5, 5.41) is 3.45. The van der Waals surface area contributed by atoms with Crippen LogP contribution in [0.5, 0.6) is 11.5 Å². The second kappa shape index (κ2) is 6.43. The number of hydrogen-bond donors (Lipinski definition) is 1. The van der Waals surface area contributed by atoms with Crippen molar-refractivity contribution in [3.05, 3.63) is 42.0 Å². The van der Waals surface area contributed by atoms with Gasteiger partial charge < -0.3 is 19.4 Å². The second-order valence-electron chi connectivity index (χ2n) is 4.49. The summed E-state index contributed by atoms with van der Waals surface area (Å²) < 4.78 is 12.8. The zero-order chi connectivity index (χ0) is 14.5. The van der Waals surface area contributed by atoms with E-state index in [1.54, 1.807) is 20.4 Å². The van der Waals surface area contributed by atoms with Crippen LogP contribution < -0.4 is 14.8 Å². The fourth-order valence-corrected chi connectivity index (χ4v) is 2.26. The lowest BCUT2D eigenvalue weighted by Crippen LogP contribution is -2.25. The summed E-state index contributed by atoms with van der Waals surface area (Å²) in [6, 6.07) is 5.83. The summed E-state index contributed by atoms with van der Waals surface area (Å²) in [5.74, 6) is 2.52. The van der Waals surface area contributed by atoms with Gasteiger partial charge in [-0.05, 0) is 18.7 Å². The first-order valence-corrected chi connectivity index (χ1v) is 6.63. The minimum absolute atomic E-state index is 0.0131. The van der Waals surface area contributed by atoms with Gasteiger partial charge >= 0.3 is 0 Å². The van der Waals surface area contributed by atoms with E-state index in [4.69, 9.17) is 9.47 Å². The number of rotatable bonds is 6. The summed E-state index contributed by atoms with van der Waals surface area (Å²) in [6.45, 7) is 2.92. The zero-order valence-corrected chi connectivity index (χ0v) is 12.4. The van der Waals surface area contributed by atoms with Gasteiger partial charge in [-0.15, -0.1) is 0 Å². The lowest BCUT2D eigenvalue weighted by atomic mass is 10.0. The van der Waals surface area contributed by atoms with Crippen molar-refractivity contribution >= 4 is 0 Å². The Morgan fingerprint density at radius 2 is 2.10 bits per heavy atom. The van der Waals surface area contributed by atoms with E-state index in [-0.39, 0.29) is 6.04 Å². The molecule has 1 heterocycles. The van der Waals surface area contributed by atoms with E-state index >= 15 is 0 Å². The van der Waals surface area contributed by atoms with Crippen LogP contribution in [0, 0.1) is 0 Å². The first-order valence-electron chi connectivity index (χ1n) is 6.63. The lowest BCUT2D eigenvalue weighted by Gasteiger charge is -2.21. The molecule has 1 aromatic carbocycles. The normalized spacial score (nSPS) is 12.2. The highest BCUT2D eigenvalue weighted by Gasteiger charge is 2.21. The molecule has 1 aromatic heterocycles. The number of benzene rings is 1. The monoisotopic (exact) mass is 275 g/mol. The Hall–Kier alpha value is -2.01. The fraction of sp³-hybridized carbons (Fsp3) is 0.400. The molecular formula is C15H21N3O2. The van der Waals surface area contributed by atoms with Gasteiger partial charge in [-0.2, -0.15) is 0 Å². The number of nitrogens with zero attached hydrogens (tertiary/aromatic N) is 2. The highest BCUT2D eigenvalue weighted by atomic mass is 16.5. The first-order chi connectivity index (χ1) is 9.71. The smallest absolute Gasteiger partial charge is 0.130 e. The minimum atomic E-state index is -0.0131. The predicted octanol–water partition coefficient (Wildman–Crippen LogP) is 2.14. The van der Waals surface area contributed by atoms with Crippen molar-refractivity contribution in [2.75, 3.05) is 20.8 Å². The predicted molar refractivity (Wildman–Crippen MR) is 78.3 cm³/mol. The minimum Gasteiger partial charge on any atom is -0.497 e. The number of aryl methyl sites for hydroxylation is 1. The molecule has 0 amide bonds. The van der Waals surface area contributed by atoms with E-state index in [9.17, 15) is 0 Å². The largest absolute Gasteiger partial charge is 0.497 e. The van der Waals surface area contributed by atoms with Crippen molar-refractivity contribution in [2.45, 2.75) is 13.0 Å². The Morgan fingerprint density at radius 3 is 2.65 bits per heavy atom. The average Bonchev–Trinajstić information content (AvgIpc) is 2.90. The molecule has 0 radical (unpaired) electrons. The van der Waals surface area contributed by atoms with E-state index in [1.165, 1.54) is 0 Å². The maximum Gasteiger partial charge on any atom is 0.130 e. The molecule has 2 aromatic rings. The molecule has 0 aliphatic rings. The number of methoxy groups -OCH3 is 2. The number of nitrogens with one attached hydrogen (secondary N) is 1. The molecule has 0 saturated carbocycles. The molecule has 0 bridgehead atoms. The van der Waals surface area contributed by atoms with Gasteiger partial charge in [-0.3, -0.25) is 0 Å². The molecule has 0 aliphatic heterocycles. The molecule has 5 nitrogen and oxygen atoms in total. The van der Waals surface area contributed by atoms with Crippen molar-refractivity contribution in [1.29, 1.82) is 0 Å². The van der Waals surface area contributed by atoms with Gasteiger partial charge in [-0.1, -0.05) is 6.92 Å². The topological polar surface area (TPSA) is 48.3 Å². The lowest BCUT2D eigenvalue weighted by molar-refractivity contribution is 0.386. The molecule has 2 rings (SSSR count). The molecule has 5 heteroatoms. The maximum absolute atomic E-state index is 5.50. The van der Waals surface area contributed by atoms with Crippen LogP contribution in [0.2, 0.25) is 0 Å². The van der Waals surface area contributed by atoms with Crippen LogP contribution in [0.15, 0.2) is 30.6 Å². The molecule has 0 spiro atoms. The SMILES string of the molecule is CCNC(c1ccc(OC)cc1OC)c1nccn1C. The van der Waals surface area contributed by atoms with Crippen LogP contribution in [0.4, 0.5) is 0 Å². The molecule has 0 saturated heterocycles. The summed E-state index contributed by atoms with van der Waals surface area (Å²) in [7, 11) is 5.30. The van der Waals surface area contributed by atoms with Gasteiger partial charge in [0.25, 0.3) is 0 Å². The van der Waals surface area contributed by atoms with E-state index in [0.717, 1.165) is 29.4 Å². The Balaban J connectivity index is 2.46. The number of ether oxygens (including phenoxy) is 2. The number of aromatic nitrogens is 2. The molecule has 1 unspecified atom stereocenters. The van der Waals surface area contributed by atoms with Crippen molar-refractivity contribution in [3.8, 4) is 11.5 Å². The third-order valence-electron chi connectivity index (χ3n) is 3.28. The quantitative estimate of drug-likeness (QED) is 0.877. The molecule has 0 fully saturated rings. The molecule has 1 atom stereocenters.